The number of nitrogens with zero attached hydrogens (tertiary/aromatic N) is 3. The van der Waals surface area contributed by atoms with E-state index in [1.165, 1.54) is 0 Å². The molecular formula is C13H17N3. The fraction of sp³-hybridized carbons (Fsp3) is 0.385. The third kappa shape index (κ3) is 3.09. The number of anilines is 1. The van der Waals surface area contributed by atoms with Crippen LogP contribution in [-0.2, 0) is 0 Å². The second-order valence-electron chi connectivity index (χ2n) is 3.70. The molecule has 3 heteroatoms. The Labute approximate surface area is 97.0 Å². The Hall–Kier alpha value is -1.82. The maximum absolute atomic E-state index is 8.91. The highest BCUT2D eigenvalue weighted by molar-refractivity contribution is 5.47. The first-order valence-electron chi connectivity index (χ1n) is 5.46. The minimum Gasteiger partial charge on any atom is -0.353 e. The van der Waals surface area contributed by atoms with Crippen molar-refractivity contribution in [2.75, 3.05) is 18.0 Å². The summed E-state index contributed by atoms with van der Waals surface area (Å²) in [4.78, 5) is 6.57. The van der Waals surface area contributed by atoms with E-state index in [4.69, 9.17) is 5.26 Å². The first-order valence-corrected chi connectivity index (χ1v) is 5.46. The highest BCUT2D eigenvalue weighted by Crippen LogP contribution is 2.14. The van der Waals surface area contributed by atoms with Gasteiger partial charge in [-0.05, 0) is 25.5 Å². The zero-order valence-electron chi connectivity index (χ0n) is 9.90. The molecule has 1 aromatic rings. The number of hydrogen-bond acceptors (Lipinski definition) is 3. The van der Waals surface area contributed by atoms with Gasteiger partial charge in [0.2, 0.25) is 0 Å². The summed E-state index contributed by atoms with van der Waals surface area (Å²) < 4.78 is 0. The van der Waals surface area contributed by atoms with Crippen LogP contribution in [0.3, 0.4) is 0 Å². The monoisotopic (exact) mass is 215 g/mol. The van der Waals surface area contributed by atoms with Crippen LogP contribution in [0.1, 0.15) is 24.6 Å². The van der Waals surface area contributed by atoms with Crippen LogP contribution in [0.2, 0.25) is 0 Å². The van der Waals surface area contributed by atoms with Crippen molar-refractivity contribution >= 4 is 5.82 Å². The summed E-state index contributed by atoms with van der Waals surface area (Å²) in [6.45, 7) is 9.45. The fourth-order valence-corrected chi connectivity index (χ4v) is 1.60. The molecule has 3 nitrogen and oxygen atoms in total. The Bertz CT molecular complexity index is 404. The predicted octanol–water partition coefficient (Wildman–Crippen LogP) is 2.66. The summed E-state index contributed by atoms with van der Waals surface area (Å²) in [5, 5.41) is 8.91. The van der Waals surface area contributed by atoms with Crippen molar-refractivity contribution in [2.45, 2.75) is 20.3 Å². The smallest absolute Gasteiger partial charge is 0.130 e. The van der Waals surface area contributed by atoms with Gasteiger partial charge >= 0.3 is 0 Å². The Balaban J connectivity index is 3.03. The van der Waals surface area contributed by atoms with Crippen LogP contribution in [0.25, 0.3) is 0 Å². The molecule has 0 spiro atoms. The van der Waals surface area contributed by atoms with E-state index in [0.29, 0.717) is 5.56 Å². The van der Waals surface area contributed by atoms with Gasteiger partial charge in [0, 0.05) is 18.8 Å². The minimum atomic E-state index is 0.660. The Morgan fingerprint density at radius 3 is 2.88 bits per heavy atom. The summed E-state index contributed by atoms with van der Waals surface area (Å²) >= 11 is 0. The Kier molecular flexibility index (Phi) is 4.53. The van der Waals surface area contributed by atoms with Crippen molar-refractivity contribution in [1.29, 1.82) is 5.26 Å². The first kappa shape index (κ1) is 12.3. The molecule has 0 aliphatic rings. The Morgan fingerprint density at radius 2 is 2.31 bits per heavy atom. The van der Waals surface area contributed by atoms with Gasteiger partial charge in [-0.25, -0.2) is 4.98 Å². The molecule has 0 bridgehead atoms. The molecule has 0 unspecified atom stereocenters. The molecule has 0 radical (unpaired) electrons. The van der Waals surface area contributed by atoms with Crippen molar-refractivity contribution in [3.63, 3.8) is 0 Å². The van der Waals surface area contributed by atoms with Gasteiger partial charge in [-0.3, -0.25) is 0 Å². The topological polar surface area (TPSA) is 39.9 Å². The van der Waals surface area contributed by atoms with Crippen LogP contribution in [-0.4, -0.2) is 18.1 Å². The molecular weight excluding hydrogens is 198 g/mol. The lowest BCUT2D eigenvalue weighted by molar-refractivity contribution is 0.800. The van der Waals surface area contributed by atoms with E-state index in [0.717, 1.165) is 31.0 Å². The van der Waals surface area contributed by atoms with Crippen LogP contribution in [0.4, 0.5) is 5.82 Å². The molecule has 1 aromatic heterocycles. The fourth-order valence-electron chi connectivity index (χ4n) is 1.60. The quantitative estimate of drug-likeness (QED) is 0.709. The number of rotatable bonds is 5. The molecule has 0 atom stereocenters. The molecule has 84 valence electrons. The van der Waals surface area contributed by atoms with Crippen LogP contribution in [0.5, 0.6) is 0 Å². The molecule has 0 aliphatic carbocycles. The van der Waals surface area contributed by atoms with E-state index in [2.05, 4.69) is 29.5 Å². The summed E-state index contributed by atoms with van der Waals surface area (Å²) in [6.07, 6.45) is 2.90. The molecule has 0 aliphatic heterocycles. The lowest BCUT2D eigenvalue weighted by atomic mass is 10.2. The van der Waals surface area contributed by atoms with E-state index in [1.807, 2.05) is 19.1 Å². The summed E-state index contributed by atoms with van der Waals surface area (Å²) in [6, 6.07) is 5.77. The molecule has 0 saturated carbocycles. The van der Waals surface area contributed by atoms with Gasteiger partial charge in [0.25, 0.3) is 0 Å². The van der Waals surface area contributed by atoms with Crippen LogP contribution < -0.4 is 4.90 Å². The van der Waals surface area contributed by atoms with E-state index in [1.54, 1.807) is 6.07 Å². The zero-order valence-corrected chi connectivity index (χ0v) is 9.90. The normalized spacial score (nSPS) is 9.56. The van der Waals surface area contributed by atoms with E-state index >= 15 is 0 Å². The Morgan fingerprint density at radius 1 is 1.56 bits per heavy atom. The highest BCUT2D eigenvalue weighted by atomic mass is 15.2. The van der Waals surface area contributed by atoms with Gasteiger partial charge in [-0.2, -0.15) is 5.26 Å². The number of pyridine rings is 1. The van der Waals surface area contributed by atoms with E-state index in [-0.39, 0.29) is 0 Å². The number of aryl methyl sites for hydroxylation is 1. The van der Waals surface area contributed by atoms with Crippen molar-refractivity contribution in [3.8, 4) is 6.07 Å². The van der Waals surface area contributed by atoms with Gasteiger partial charge in [0.05, 0.1) is 11.6 Å². The summed E-state index contributed by atoms with van der Waals surface area (Å²) in [5.74, 6) is 0.860. The zero-order chi connectivity index (χ0) is 12.0. The minimum absolute atomic E-state index is 0.660. The standard InChI is InChI=1S/C13H17N3/c1-4-6-16(7-5-2)13-9-12(10-14)8-11(3)15-13/h4,8-9H,1,5-7H2,2-3H3. The van der Waals surface area contributed by atoms with Gasteiger partial charge in [-0.1, -0.05) is 13.0 Å². The second-order valence-corrected chi connectivity index (χ2v) is 3.70. The maximum Gasteiger partial charge on any atom is 0.130 e. The summed E-state index contributed by atoms with van der Waals surface area (Å²) in [7, 11) is 0. The van der Waals surface area contributed by atoms with Crippen LogP contribution >= 0.6 is 0 Å². The molecule has 0 fully saturated rings. The number of hydrogen-bond donors (Lipinski definition) is 0. The van der Waals surface area contributed by atoms with E-state index in [9.17, 15) is 0 Å². The number of aromatic nitrogens is 1. The molecule has 0 N–H and O–H groups in total. The maximum atomic E-state index is 8.91. The van der Waals surface area contributed by atoms with Crippen molar-refractivity contribution < 1.29 is 0 Å². The highest BCUT2D eigenvalue weighted by Gasteiger charge is 2.07. The average Bonchev–Trinajstić information content (AvgIpc) is 2.28. The first-order chi connectivity index (χ1) is 7.71. The van der Waals surface area contributed by atoms with Gasteiger partial charge in [0.15, 0.2) is 0 Å². The van der Waals surface area contributed by atoms with Crippen molar-refractivity contribution in [2.24, 2.45) is 0 Å². The van der Waals surface area contributed by atoms with Gasteiger partial charge in [0.1, 0.15) is 5.82 Å². The lowest BCUT2D eigenvalue weighted by Gasteiger charge is -2.21. The third-order valence-corrected chi connectivity index (χ3v) is 2.24. The van der Waals surface area contributed by atoms with Gasteiger partial charge < -0.3 is 4.90 Å². The summed E-state index contributed by atoms with van der Waals surface area (Å²) in [5.41, 5.74) is 1.53. The molecule has 0 saturated heterocycles. The molecule has 1 heterocycles. The molecule has 16 heavy (non-hydrogen) atoms. The van der Waals surface area contributed by atoms with Gasteiger partial charge in [-0.15, -0.1) is 6.58 Å². The average molecular weight is 215 g/mol. The largest absolute Gasteiger partial charge is 0.353 e. The van der Waals surface area contributed by atoms with Crippen LogP contribution in [0, 0.1) is 18.3 Å². The molecule has 1 rings (SSSR count). The van der Waals surface area contributed by atoms with Crippen molar-refractivity contribution in [3.05, 3.63) is 36.0 Å². The SMILES string of the molecule is C=CCN(CCC)c1cc(C#N)cc(C)n1. The third-order valence-electron chi connectivity index (χ3n) is 2.24. The lowest BCUT2D eigenvalue weighted by Crippen LogP contribution is -2.25. The molecule has 0 amide bonds. The van der Waals surface area contributed by atoms with Crippen LogP contribution in [0.15, 0.2) is 24.8 Å². The second kappa shape index (κ2) is 5.92. The number of nitriles is 1. The predicted molar refractivity (Wildman–Crippen MR) is 66.4 cm³/mol. The van der Waals surface area contributed by atoms with E-state index < -0.39 is 0 Å². The van der Waals surface area contributed by atoms with Crippen molar-refractivity contribution in [1.82, 2.24) is 4.98 Å². The molecule has 0 aromatic carbocycles.